The molecular weight excluding hydrogens is 400 g/mol. The van der Waals surface area contributed by atoms with Crippen LogP contribution in [0.15, 0.2) is 48.5 Å². The van der Waals surface area contributed by atoms with Gasteiger partial charge in [0.1, 0.15) is 5.75 Å². The number of carbonyl (C=O) groups is 1. The zero-order valence-corrected chi connectivity index (χ0v) is 20.0. The van der Waals surface area contributed by atoms with Gasteiger partial charge in [-0.2, -0.15) is 0 Å². The van der Waals surface area contributed by atoms with Crippen LogP contribution >= 0.6 is 0 Å². The Bertz CT molecular complexity index is 828. The molecule has 0 bridgehead atoms. The van der Waals surface area contributed by atoms with E-state index in [1.165, 1.54) is 11.3 Å². The number of likely N-dealkylation sites (N-methyl/N-ethyl adjacent to an activating group) is 1. The van der Waals surface area contributed by atoms with Crippen molar-refractivity contribution in [1.29, 1.82) is 0 Å². The molecule has 2 aromatic rings. The molecule has 1 N–H and O–H groups in total. The van der Waals surface area contributed by atoms with Gasteiger partial charge in [-0.05, 0) is 55.4 Å². The number of ether oxygens (including phenoxy) is 1. The topological polar surface area (TPSA) is 48.1 Å². The van der Waals surface area contributed by atoms with E-state index in [1.807, 2.05) is 38.4 Å². The molecule has 6 heteroatoms. The third kappa shape index (κ3) is 6.71. The van der Waals surface area contributed by atoms with Crippen LogP contribution < -0.4 is 15.0 Å². The van der Waals surface area contributed by atoms with Crippen LogP contribution in [0, 0.1) is 0 Å². The molecule has 1 aliphatic heterocycles. The lowest BCUT2D eigenvalue weighted by atomic mass is 10.0. The first-order valence-electron chi connectivity index (χ1n) is 11.7. The Morgan fingerprint density at radius 3 is 2.28 bits per heavy atom. The number of anilines is 1. The molecule has 1 amide bonds. The zero-order chi connectivity index (χ0) is 22.9. The van der Waals surface area contributed by atoms with E-state index in [1.54, 1.807) is 0 Å². The zero-order valence-electron chi connectivity index (χ0n) is 20.0. The molecule has 1 heterocycles. The van der Waals surface area contributed by atoms with Crippen LogP contribution in [-0.2, 0) is 0 Å². The van der Waals surface area contributed by atoms with Crippen LogP contribution in [0.2, 0.25) is 0 Å². The maximum atomic E-state index is 12.8. The lowest BCUT2D eigenvalue weighted by Crippen LogP contribution is -2.48. The van der Waals surface area contributed by atoms with Gasteiger partial charge in [0, 0.05) is 58.1 Å². The van der Waals surface area contributed by atoms with Crippen LogP contribution in [0.3, 0.4) is 0 Å². The highest BCUT2D eigenvalue weighted by Crippen LogP contribution is 2.24. The van der Waals surface area contributed by atoms with Gasteiger partial charge >= 0.3 is 0 Å². The molecule has 0 radical (unpaired) electrons. The second-order valence-electron chi connectivity index (χ2n) is 8.78. The van der Waals surface area contributed by atoms with Gasteiger partial charge in [0.2, 0.25) is 0 Å². The van der Waals surface area contributed by atoms with Crippen LogP contribution in [0.4, 0.5) is 5.69 Å². The van der Waals surface area contributed by atoms with Gasteiger partial charge < -0.3 is 19.9 Å². The molecule has 0 aliphatic carbocycles. The highest BCUT2D eigenvalue weighted by Gasteiger charge is 2.24. The Morgan fingerprint density at radius 1 is 1.03 bits per heavy atom. The van der Waals surface area contributed by atoms with Gasteiger partial charge in [0.25, 0.3) is 5.91 Å². The Hall–Kier alpha value is -2.57. The lowest BCUT2D eigenvalue weighted by Gasteiger charge is -2.38. The summed E-state index contributed by atoms with van der Waals surface area (Å²) in [6, 6.07) is 16.3. The first-order valence-corrected chi connectivity index (χ1v) is 11.7. The van der Waals surface area contributed by atoms with E-state index >= 15 is 0 Å². The third-order valence-electron chi connectivity index (χ3n) is 6.11. The molecule has 3 rings (SSSR count). The molecule has 1 atom stereocenters. The normalized spacial score (nSPS) is 15.9. The fraction of sp³-hybridized carbons (Fsp3) is 0.500. The predicted molar refractivity (Wildman–Crippen MR) is 132 cm³/mol. The van der Waals surface area contributed by atoms with E-state index in [4.69, 9.17) is 4.74 Å². The van der Waals surface area contributed by atoms with Crippen molar-refractivity contribution >= 4 is 11.6 Å². The average molecular weight is 439 g/mol. The number of carbonyl (C=O) groups excluding carboxylic acids is 1. The lowest BCUT2D eigenvalue weighted by molar-refractivity contribution is 0.0886. The molecule has 2 aromatic carbocycles. The standard InChI is InChI=1S/C26H38N4O2/c1-5-6-19-32-24-13-9-22(10-14-24)26(31)27-20-25(30-17-15-29(4)16-18-30)21-7-11-23(12-8-21)28(2)3/h7-14,25H,5-6,15-20H2,1-4H3,(H,27,31)/t25-/m0/s1. The number of hydrogen-bond donors (Lipinski definition) is 1. The van der Waals surface area contributed by atoms with Crippen LogP contribution in [0.1, 0.15) is 41.7 Å². The van der Waals surface area contributed by atoms with E-state index < -0.39 is 0 Å². The molecule has 1 saturated heterocycles. The smallest absolute Gasteiger partial charge is 0.251 e. The third-order valence-corrected chi connectivity index (χ3v) is 6.11. The molecule has 0 spiro atoms. The molecule has 0 aromatic heterocycles. The summed E-state index contributed by atoms with van der Waals surface area (Å²) < 4.78 is 5.71. The van der Waals surface area contributed by atoms with Gasteiger partial charge in [0.05, 0.1) is 12.6 Å². The van der Waals surface area contributed by atoms with Gasteiger partial charge in [-0.15, -0.1) is 0 Å². The summed E-state index contributed by atoms with van der Waals surface area (Å²) in [5.41, 5.74) is 3.07. The number of nitrogens with one attached hydrogen (secondary N) is 1. The fourth-order valence-corrected chi connectivity index (χ4v) is 3.91. The first kappa shape index (κ1) is 24.1. The minimum absolute atomic E-state index is 0.0471. The van der Waals surface area contributed by atoms with E-state index in [2.05, 4.69) is 58.3 Å². The Balaban J connectivity index is 1.65. The molecule has 32 heavy (non-hydrogen) atoms. The van der Waals surface area contributed by atoms with E-state index in [-0.39, 0.29) is 11.9 Å². The molecule has 1 aliphatic rings. The summed E-state index contributed by atoms with van der Waals surface area (Å²) in [6.07, 6.45) is 2.14. The average Bonchev–Trinajstić information content (AvgIpc) is 2.81. The van der Waals surface area contributed by atoms with Crippen molar-refractivity contribution in [1.82, 2.24) is 15.1 Å². The summed E-state index contributed by atoms with van der Waals surface area (Å²) >= 11 is 0. The minimum atomic E-state index is -0.0471. The molecular formula is C26H38N4O2. The number of nitrogens with zero attached hydrogens (tertiary/aromatic N) is 3. The van der Waals surface area contributed by atoms with Gasteiger partial charge in [-0.1, -0.05) is 25.5 Å². The van der Waals surface area contributed by atoms with Crippen molar-refractivity contribution < 1.29 is 9.53 Å². The van der Waals surface area contributed by atoms with Crippen molar-refractivity contribution in [3.63, 3.8) is 0 Å². The molecule has 6 nitrogen and oxygen atoms in total. The number of piperazine rings is 1. The second-order valence-corrected chi connectivity index (χ2v) is 8.78. The summed E-state index contributed by atoms with van der Waals surface area (Å²) in [5, 5.41) is 3.17. The van der Waals surface area contributed by atoms with E-state index in [0.29, 0.717) is 18.7 Å². The van der Waals surface area contributed by atoms with Gasteiger partial charge in [-0.25, -0.2) is 0 Å². The Morgan fingerprint density at radius 2 is 1.69 bits per heavy atom. The van der Waals surface area contributed by atoms with Crippen LogP contribution in [0.25, 0.3) is 0 Å². The summed E-state index contributed by atoms with van der Waals surface area (Å²) in [5.74, 6) is 0.764. The van der Waals surface area contributed by atoms with Crippen LogP contribution in [0.5, 0.6) is 5.75 Å². The summed E-state index contributed by atoms with van der Waals surface area (Å²) in [6.45, 7) is 7.51. The molecule has 0 unspecified atom stereocenters. The highest BCUT2D eigenvalue weighted by molar-refractivity contribution is 5.94. The maximum Gasteiger partial charge on any atom is 0.251 e. The Labute approximate surface area is 193 Å². The number of unbranched alkanes of at least 4 members (excludes halogenated alkanes) is 1. The Kier molecular flexibility index (Phi) is 8.94. The maximum absolute atomic E-state index is 12.8. The van der Waals surface area contributed by atoms with E-state index in [0.717, 1.165) is 44.8 Å². The number of benzene rings is 2. The quantitative estimate of drug-likeness (QED) is 0.574. The number of hydrogen-bond acceptors (Lipinski definition) is 5. The molecule has 0 saturated carbocycles. The van der Waals surface area contributed by atoms with Crippen molar-refractivity contribution in [2.75, 3.05) is 65.4 Å². The fourth-order valence-electron chi connectivity index (χ4n) is 3.91. The summed E-state index contributed by atoms with van der Waals surface area (Å²) in [4.78, 5) is 19.8. The van der Waals surface area contributed by atoms with E-state index in [9.17, 15) is 4.79 Å². The highest BCUT2D eigenvalue weighted by atomic mass is 16.5. The van der Waals surface area contributed by atoms with Crippen molar-refractivity contribution in [2.45, 2.75) is 25.8 Å². The van der Waals surface area contributed by atoms with Crippen molar-refractivity contribution in [3.8, 4) is 5.75 Å². The SMILES string of the molecule is CCCCOc1ccc(C(=O)NC[C@@H](c2ccc(N(C)C)cc2)N2CCN(C)CC2)cc1. The second kappa shape index (κ2) is 11.9. The number of rotatable bonds is 10. The minimum Gasteiger partial charge on any atom is -0.494 e. The van der Waals surface area contributed by atoms with Crippen LogP contribution in [-0.4, -0.2) is 76.2 Å². The predicted octanol–water partition coefficient (Wildman–Crippen LogP) is 3.65. The van der Waals surface area contributed by atoms with Crippen molar-refractivity contribution in [2.24, 2.45) is 0 Å². The van der Waals surface area contributed by atoms with Gasteiger partial charge in [-0.3, -0.25) is 9.69 Å². The molecule has 1 fully saturated rings. The summed E-state index contributed by atoms with van der Waals surface area (Å²) in [7, 11) is 6.26. The largest absolute Gasteiger partial charge is 0.494 e. The van der Waals surface area contributed by atoms with Crippen molar-refractivity contribution in [3.05, 3.63) is 59.7 Å². The first-order chi connectivity index (χ1) is 15.5. The monoisotopic (exact) mass is 438 g/mol. The number of amides is 1. The van der Waals surface area contributed by atoms with Gasteiger partial charge in [0.15, 0.2) is 0 Å². The molecule has 174 valence electrons.